The van der Waals surface area contributed by atoms with Crippen molar-refractivity contribution < 1.29 is 19.1 Å². The molecule has 3 atom stereocenters. The number of amides is 2. The van der Waals surface area contributed by atoms with E-state index in [1.807, 2.05) is 29.0 Å². The Morgan fingerprint density at radius 1 is 0.963 bits per heavy atom. The van der Waals surface area contributed by atoms with Crippen LogP contribution < -0.4 is 10.6 Å². The quantitative estimate of drug-likeness (QED) is 0.0740. The van der Waals surface area contributed by atoms with Crippen molar-refractivity contribution in [2.75, 3.05) is 32.2 Å². The summed E-state index contributed by atoms with van der Waals surface area (Å²) in [4.78, 5) is 46.2. The van der Waals surface area contributed by atoms with Gasteiger partial charge in [0.25, 0.3) is 0 Å². The van der Waals surface area contributed by atoms with Gasteiger partial charge in [0, 0.05) is 31.5 Å². The van der Waals surface area contributed by atoms with Gasteiger partial charge in [-0.2, -0.15) is 11.8 Å². The van der Waals surface area contributed by atoms with E-state index in [-0.39, 0.29) is 36.7 Å². The fourth-order valence-corrected chi connectivity index (χ4v) is 6.87. The predicted octanol–water partition coefficient (Wildman–Crippen LogP) is 8.36. The summed E-state index contributed by atoms with van der Waals surface area (Å²) in [5, 5.41) is 8.47. The summed E-state index contributed by atoms with van der Waals surface area (Å²) in [5.74, 6) is 0.0400. The zero-order chi connectivity index (χ0) is 39.5. The number of nitrogens with zero attached hydrogens (tertiary/aromatic N) is 3. The predicted molar refractivity (Wildman–Crippen MR) is 225 cm³/mol. The van der Waals surface area contributed by atoms with Crippen molar-refractivity contribution in [2.24, 2.45) is 5.92 Å². The summed E-state index contributed by atoms with van der Waals surface area (Å²) in [5.41, 5.74) is 5.88. The number of rotatable bonds is 23. The molecule has 2 aromatic carbocycles. The van der Waals surface area contributed by atoms with Gasteiger partial charge in [0.2, 0.25) is 11.8 Å². The van der Waals surface area contributed by atoms with Crippen LogP contribution in [0.2, 0.25) is 0 Å². The van der Waals surface area contributed by atoms with E-state index in [9.17, 15) is 14.4 Å². The smallest absolute Gasteiger partial charge is 0.328 e. The average Bonchev–Trinajstić information content (AvgIpc) is 3.57. The maximum Gasteiger partial charge on any atom is 0.328 e. The second-order valence-corrected chi connectivity index (χ2v) is 15.6. The van der Waals surface area contributed by atoms with Gasteiger partial charge < -0.3 is 19.9 Å². The number of hydrogen-bond acceptors (Lipinski definition) is 7. The van der Waals surface area contributed by atoms with E-state index in [0.717, 1.165) is 54.1 Å². The number of esters is 1. The summed E-state index contributed by atoms with van der Waals surface area (Å²) in [6, 6.07) is 13.5. The number of imidazole rings is 1. The number of nitrogens with one attached hydrogen (secondary N) is 2. The van der Waals surface area contributed by atoms with Crippen LogP contribution in [0, 0.1) is 5.92 Å². The number of aromatic nitrogens is 2. The van der Waals surface area contributed by atoms with Crippen molar-refractivity contribution in [3.05, 3.63) is 95.1 Å². The summed E-state index contributed by atoms with van der Waals surface area (Å²) < 4.78 is 6.94. The lowest BCUT2D eigenvalue weighted by molar-refractivity contribution is -0.145. The largest absolute Gasteiger partial charge is 0.467 e. The summed E-state index contributed by atoms with van der Waals surface area (Å²) in [6.45, 7) is 13.8. The molecule has 0 saturated carbocycles. The lowest BCUT2D eigenvalue weighted by Crippen LogP contribution is -2.51. The molecule has 0 spiro atoms. The molecule has 1 heterocycles. The van der Waals surface area contributed by atoms with Gasteiger partial charge in [0.05, 0.1) is 32.1 Å². The molecule has 0 radical (unpaired) electrons. The van der Waals surface area contributed by atoms with Crippen LogP contribution in [0.3, 0.4) is 0 Å². The van der Waals surface area contributed by atoms with Gasteiger partial charge in [-0.1, -0.05) is 91.6 Å². The second kappa shape index (κ2) is 23.6. The van der Waals surface area contributed by atoms with Crippen molar-refractivity contribution >= 4 is 46.5 Å². The molecular weight excluding hydrogens is 695 g/mol. The Morgan fingerprint density at radius 2 is 1.69 bits per heavy atom. The summed E-state index contributed by atoms with van der Waals surface area (Å²) in [6.07, 6.45) is 17.7. The summed E-state index contributed by atoms with van der Waals surface area (Å²) >= 11 is 1.61. The Morgan fingerprint density at radius 3 is 2.41 bits per heavy atom. The summed E-state index contributed by atoms with van der Waals surface area (Å²) in [7, 11) is 1.34. The van der Waals surface area contributed by atoms with Crippen molar-refractivity contribution in [1.82, 2.24) is 25.1 Å². The second-order valence-electron chi connectivity index (χ2n) is 14.6. The number of allylic oxidation sites excluding steroid dienone is 5. The number of carbonyl (C=O) groups is 3. The van der Waals surface area contributed by atoms with Gasteiger partial charge >= 0.3 is 5.97 Å². The van der Waals surface area contributed by atoms with Crippen molar-refractivity contribution in [1.29, 1.82) is 0 Å². The molecule has 0 aliphatic carbocycles. The first kappa shape index (κ1) is 44.2. The Labute approximate surface area is 328 Å². The number of carbonyl (C=O) groups excluding carboxylic acids is 3. The van der Waals surface area contributed by atoms with Crippen LogP contribution >= 0.6 is 11.8 Å². The van der Waals surface area contributed by atoms with Gasteiger partial charge in [-0.15, -0.1) is 0 Å². The molecule has 294 valence electrons. The van der Waals surface area contributed by atoms with Crippen LogP contribution in [-0.4, -0.2) is 76.5 Å². The van der Waals surface area contributed by atoms with Gasteiger partial charge in [-0.3, -0.25) is 14.5 Å². The first-order chi connectivity index (χ1) is 25.9. The Bertz CT molecular complexity index is 1740. The molecule has 10 heteroatoms. The maximum atomic E-state index is 13.7. The molecule has 1 unspecified atom stereocenters. The lowest BCUT2D eigenvalue weighted by Gasteiger charge is -2.32. The SMILES string of the molecule is CCC(C)[C@@H](CN(CC(=O)N[C@@H](CCSC)C(=O)OC)Cc1cccc2ccccc12)NC(=O)Cc1cncn1/C=C(\C)CC/C=C(\C)CCC=C(C)C. The lowest BCUT2D eigenvalue weighted by atomic mass is 9.97. The average molecular weight is 758 g/mol. The van der Waals surface area contributed by atoms with E-state index in [2.05, 4.69) is 105 Å². The maximum absolute atomic E-state index is 13.7. The molecule has 2 N–H and O–H groups in total. The highest BCUT2D eigenvalue weighted by Crippen LogP contribution is 2.21. The molecule has 0 fully saturated rings. The third kappa shape index (κ3) is 15.3. The first-order valence-electron chi connectivity index (χ1n) is 19.2. The molecule has 1 aromatic heterocycles. The number of hydrogen-bond donors (Lipinski definition) is 2. The van der Waals surface area contributed by atoms with Crippen LogP contribution in [-0.2, 0) is 32.1 Å². The topological polar surface area (TPSA) is 106 Å². The fraction of sp³-hybridized carbons (Fsp3) is 0.500. The third-order valence-corrected chi connectivity index (χ3v) is 10.4. The van der Waals surface area contributed by atoms with E-state index >= 15 is 0 Å². The van der Waals surface area contributed by atoms with Crippen molar-refractivity contribution in [2.45, 2.75) is 105 Å². The highest BCUT2D eigenvalue weighted by molar-refractivity contribution is 7.98. The van der Waals surface area contributed by atoms with E-state index in [4.69, 9.17) is 4.74 Å². The highest BCUT2D eigenvalue weighted by atomic mass is 32.2. The van der Waals surface area contributed by atoms with Gasteiger partial charge in [0.15, 0.2) is 0 Å². The highest BCUT2D eigenvalue weighted by Gasteiger charge is 2.26. The Balaban J connectivity index is 1.76. The molecule has 0 saturated heterocycles. The van der Waals surface area contributed by atoms with Crippen LogP contribution in [0.1, 0.15) is 91.3 Å². The number of methoxy groups -OCH3 is 1. The molecule has 54 heavy (non-hydrogen) atoms. The monoisotopic (exact) mass is 757 g/mol. The third-order valence-electron chi connectivity index (χ3n) is 9.77. The van der Waals surface area contributed by atoms with Crippen molar-refractivity contribution in [3.8, 4) is 0 Å². The van der Waals surface area contributed by atoms with E-state index < -0.39 is 12.0 Å². The Hall–Kier alpha value is -4.15. The molecule has 3 rings (SSSR count). The van der Waals surface area contributed by atoms with Crippen LogP contribution in [0.25, 0.3) is 17.0 Å². The standard InChI is InChI=1S/C44H63N5O4S/c1-9-35(6)41(47-42(50)25-38-26-45-31-49(38)27-34(5)18-13-17-33(4)16-12-15-32(2)3)29-48(28-37-21-14-20-36-19-10-11-22-39(36)37)30-43(51)46-40(23-24-54-8)44(52)53-7/h10-11,14-15,17,19-22,26-27,31,35,40-41H,9,12-13,16,18,23-25,28-30H2,1-8H3,(H,46,51)(H,47,50)/b33-17+,34-27+/t35?,40-,41+/m0/s1. The minimum atomic E-state index is -0.722. The van der Waals surface area contributed by atoms with Gasteiger partial charge in [0.1, 0.15) is 6.04 Å². The minimum absolute atomic E-state index is 0.0554. The van der Waals surface area contributed by atoms with Crippen LogP contribution in [0.5, 0.6) is 0 Å². The molecule has 0 aliphatic rings. The molecule has 2 amide bonds. The molecule has 9 nitrogen and oxygen atoms in total. The molecule has 3 aromatic rings. The number of thioether (sulfide) groups is 1. The molecule has 0 aliphatic heterocycles. The number of ether oxygens (including phenoxy) is 1. The number of fused-ring (bicyclic) bond motifs is 1. The number of benzene rings is 2. The van der Waals surface area contributed by atoms with Crippen LogP contribution in [0.4, 0.5) is 0 Å². The fourth-order valence-electron chi connectivity index (χ4n) is 6.40. The molecular formula is C44H63N5O4S. The Kier molecular flexibility index (Phi) is 19.3. The van der Waals surface area contributed by atoms with Gasteiger partial charge in [-0.05, 0) is 94.1 Å². The van der Waals surface area contributed by atoms with Crippen molar-refractivity contribution in [3.63, 3.8) is 0 Å². The zero-order valence-electron chi connectivity index (χ0n) is 33.8. The van der Waals surface area contributed by atoms with Crippen LogP contribution in [0.15, 0.2) is 83.9 Å². The first-order valence-corrected chi connectivity index (χ1v) is 20.6. The van der Waals surface area contributed by atoms with Gasteiger partial charge in [-0.25, -0.2) is 9.78 Å². The normalized spacial score (nSPS) is 13.7. The molecule has 0 bridgehead atoms. The van der Waals surface area contributed by atoms with E-state index in [1.165, 1.54) is 23.8 Å². The zero-order valence-corrected chi connectivity index (χ0v) is 34.6. The van der Waals surface area contributed by atoms with E-state index in [0.29, 0.717) is 25.3 Å². The minimum Gasteiger partial charge on any atom is -0.467 e. The van der Waals surface area contributed by atoms with E-state index in [1.54, 1.807) is 24.3 Å².